The van der Waals surface area contributed by atoms with E-state index >= 15 is 0 Å². The summed E-state index contributed by atoms with van der Waals surface area (Å²) in [6.45, 7) is 1.88. The Balaban J connectivity index is 1.66. The van der Waals surface area contributed by atoms with Gasteiger partial charge in [0.2, 0.25) is 0 Å². The highest BCUT2D eigenvalue weighted by Gasteiger charge is 2.28. The second-order valence-corrected chi connectivity index (χ2v) is 9.04. The van der Waals surface area contributed by atoms with Gasteiger partial charge < -0.3 is 19.3 Å². The number of aliphatic hydroxyl groups is 1. The van der Waals surface area contributed by atoms with E-state index in [2.05, 4.69) is 6.07 Å². The van der Waals surface area contributed by atoms with Gasteiger partial charge in [0, 0.05) is 34.7 Å². The van der Waals surface area contributed by atoms with Crippen molar-refractivity contribution < 1.29 is 14.6 Å². The van der Waals surface area contributed by atoms with Gasteiger partial charge in [-0.3, -0.25) is 4.79 Å². The van der Waals surface area contributed by atoms with Crippen LogP contribution < -0.4 is 0 Å². The van der Waals surface area contributed by atoms with E-state index in [-0.39, 0.29) is 27.1 Å². The fourth-order valence-corrected chi connectivity index (χ4v) is 5.10. The van der Waals surface area contributed by atoms with Gasteiger partial charge in [0.05, 0.1) is 46.6 Å². The van der Waals surface area contributed by atoms with Gasteiger partial charge in [0.15, 0.2) is 0 Å². The van der Waals surface area contributed by atoms with Crippen molar-refractivity contribution in [2.24, 2.45) is 0 Å². The molecule has 1 aromatic heterocycles. The fourth-order valence-electron chi connectivity index (χ4n) is 4.44. The number of nitrogens with zero attached hydrogens (tertiary/aromatic N) is 3. The van der Waals surface area contributed by atoms with Crippen molar-refractivity contribution in [1.82, 2.24) is 9.47 Å². The minimum absolute atomic E-state index is 0.115. The zero-order chi connectivity index (χ0) is 24.5. The number of aliphatic hydroxyl groups excluding tert-OH is 1. The summed E-state index contributed by atoms with van der Waals surface area (Å²) >= 11 is 13.3. The first kappa shape index (κ1) is 23.4. The SMILES string of the molecule is N#Cc1ccc2c(c1)cc(C(O)c1c(Cl)ccc(C(=O)N3CCOCC3)c1Cl)n2-c1ccccc1. The minimum Gasteiger partial charge on any atom is -0.382 e. The number of amides is 1. The van der Waals surface area contributed by atoms with Crippen LogP contribution in [0.15, 0.2) is 66.7 Å². The maximum Gasteiger partial charge on any atom is 0.255 e. The lowest BCUT2D eigenvalue weighted by molar-refractivity contribution is 0.0303. The van der Waals surface area contributed by atoms with E-state index in [0.29, 0.717) is 37.6 Å². The second-order valence-electron chi connectivity index (χ2n) is 8.26. The molecule has 6 nitrogen and oxygen atoms in total. The summed E-state index contributed by atoms with van der Waals surface area (Å²) < 4.78 is 7.25. The molecule has 1 amide bonds. The van der Waals surface area contributed by atoms with Gasteiger partial charge in [-0.05, 0) is 48.5 Å². The monoisotopic (exact) mass is 505 g/mol. The maximum absolute atomic E-state index is 13.2. The molecule has 2 heterocycles. The number of fused-ring (bicyclic) bond motifs is 1. The van der Waals surface area contributed by atoms with Crippen molar-refractivity contribution in [3.8, 4) is 11.8 Å². The Labute approximate surface area is 212 Å². The van der Waals surface area contributed by atoms with Crippen LogP contribution in [-0.2, 0) is 4.74 Å². The highest BCUT2D eigenvalue weighted by Crippen LogP contribution is 2.39. The van der Waals surface area contributed by atoms with Crippen LogP contribution in [0, 0.1) is 11.3 Å². The number of para-hydroxylation sites is 1. The zero-order valence-corrected chi connectivity index (χ0v) is 20.1. The molecule has 1 N–H and O–H groups in total. The van der Waals surface area contributed by atoms with Gasteiger partial charge in [-0.2, -0.15) is 5.26 Å². The molecule has 0 spiro atoms. The van der Waals surface area contributed by atoms with E-state index in [4.69, 9.17) is 27.9 Å². The molecule has 0 aliphatic carbocycles. The Bertz CT molecular complexity index is 1450. The number of hydrogen-bond donors (Lipinski definition) is 1. The molecule has 3 aromatic carbocycles. The van der Waals surface area contributed by atoms with Crippen LogP contribution in [0.3, 0.4) is 0 Å². The topological polar surface area (TPSA) is 78.5 Å². The largest absolute Gasteiger partial charge is 0.382 e. The lowest BCUT2D eigenvalue weighted by Gasteiger charge is -2.28. The van der Waals surface area contributed by atoms with Crippen molar-refractivity contribution in [2.75, 3.05) is 26.3 Å². The van der Waals surface area contributed by atoms with Crippen molar-refractivity contribution in [2.45, 2.75) is 6.10 Å². The highest BCUT2D eigenvalue weighted by molar-refractivity contribution is 6.38. The van der Waals surface area contributed by atoms with Crippen LogP contribution in [0.1, 0.15) is 33.3 Å². The molecule has 1 atom stereocenters. The number of halogens is 2. The molecule has 1 fully saturated rings. The molecular weight excluding hydrogens is 485 g/mol. The van der Waals surface area contributed by atoms with E-state index in [1.54, 1.807) is 29.2 Å². The van der Waals surface area contributed by atoms with Crippen molar-refractivity contribution in [3.05, 3.63) is 99.2 Å². The highest BCUT2D eigenvalue weighted by atomic mass is 35.5. The summed E-state index contributed by atoms with van der Waals surface area (Å²) in [7, 11) is 0. The minimum atomic E-state index is -1.23. The van der Waals surface area contributed by atoms with Gasteiger partial charge in [-0.1, -0.05) is 41.4 Å². The van der Waals surface area contributed by atoms with Gasteiger partial charge in [0.25, 0.3) is 5.91 Å². The molecule has 4 aromatic rings. The Morgan fingerprint density at radius 3 is 2.49 bits per heavy atom. The van der Waals surface area contributed by atoms with Crippen molar-refractivity contribution >= 4 is 40.0 Å². The van der Waals surface area contributed by atoms with Crippen LogP contribution in [0.4, 0.5) is 0 Å². The first-order valence-corrected chi connectivity index (χ1v) is 11.9. The van der Waals surface area contributed by atoms with Crippen molar-refractivity contribution in [3.63, 3.8) is 0 Å². The number of hydrogen-bond acceptors (Lipinski definition) is 4. The quantitative estimate of drug-likeness (QED) is 0.404. The lowest BCUT2D eigenvalue weighted by atomic mass is 10.0. The van der Waals surface area contributed by atoms with Crippen LogP contribution in [-0.4, -0.2) is 46.8 Å². The average Bonchev–Trinajstić information content (AvgIpc) is 3.28. The maximum atomic E-state index is 13.2. The Kier molecular flexibility index (Phi) is 6.50. The Hall–Kier alpha value is -3.34. The smallest absolute Gasteiger partial charge is 0.255 e. The predicted octanol–water partition coefficient (Wildman–Crippen LogP) is 5.36. The number of benzene rings is 3. The molecule has 1 saturated heterocycles. The molecule has 0 bridgehead atoms. The lowest BCUT2D eigenvalue weighted by Crippen LogP contribution is -2.40. The third-order valence-electron chi connectivity index (χ3n) is 6.18. The number of nitriles is 1. The van der Waals surface area contributed by atoms with E-state index < -0.39 is 6.10 Å². The normalized spacial score (nSPS) is 14.6. The molecule has 1 aliphatic rings. The molecule has 176 valence electrons. The first-order chi connectivity index (χ1) is 17.0. The number of ether oxygens (including phenoxy) is 1. The second kappa shape index (κ2) is 9.73. The third kappa shape index (κ3) is 4.29. The summed E-state index contributed by atoms with van der Waals surface area (Å²) in [5.74, 6) is -0.231. The average molecular weight is 506 g/mol. The van der Waals surface area contributed by atoms with Gasteiger partial charge in [-0.25, -0.2) is 0 Å². The summed E-state index contributed by atoms with van der Waals surface area (Å²) in [4.78, 5) is 14.8. The molecule has 5 rings (SSSR count). The molecule has 35 heavy (non-hydrogen) atoms. The van der Waals surface area contributed by atoms with Crippen LogP contribution >= 0.6 is 23.2 Å². The zero-order valence-electron chi connectivity index (χ0n) is 18.6. The Morgan fingerprint density at radius 1 is 1.03 bits per heavy atom. The number of carbonyl (C=O) groups is 1. The summed E-state index contributed by atoms with van der Waals surface area (Å²) in [5.41, 5.74) is 3.21. The van der Waals surface area contributed by atoms with Crippen LogP contribution in [0.5, 0.6) is 0 Å². The van der Waals surface area contributed by atoms with E-state index in [1.807, 2.05) is 47.0 Å². The predicted molar refractivity (Wildman–Crippen MR) is 135 cm³/mol. The number of rotatable bonds is 4. The first-order valence-electron chi connectivity index (χ1n) is 11.1. The molecule has 1 aliphatic heterocycles. The fraction of sp³-hybridized carbons (Fsp3) is 0.185. The van der Waals surface area contributed by atoms with Gasteiger partial charge >= 0.3 is 0 Å². The van der Waals surface area contributed by atoms with Gasteiger partial charge in [0.1, 0.15) is 6.10 Å². The van der Waals surface area contributed by atoms with E-state index in [9.17, 15) is 15.2 Å². The summed E-state index contributed by atoms with van der Waals surface area (Å²) in [6.07, 6.45) is -1.23. The number of morpholine rings is 1. The van der Waals surface area contributed by atoms with Crippen molar-refractivity contribution in [1.29, 1.82) is 5.26 Å². The van der Waals surface area contributed by atoms with E-state index in [0.717, 1.165) is 16.6 Å². The molecule has 1 unspecified atom stereocenters. The summed E-state index contributed by atoms with van der Waals surface area (Å²) in [6, 6.07) is 22.1. The summed E-state index contributed by atoms with van der Waals surface area (Å²) in [5, 5.41) is 22.2. The third-order valence-corrected chi connectivity index (χ3v) is 6.92. The molecule has 0 radical (unpaired) electrons. The van der Waals surface area contributed by atoms with Gasteiger partial charge in [-0.15, -0.1) is 0 Å². The molecule has 8 heteroatoms. The standard InChI is InChI=1S/C27H21Cl2N3O3/c28-21-8-7-20(27(34)31-10-12-35-13-11-31)25(29)24(21)26(33)23-15-18-14-17(16-30)6-9-22(18)32(23)19-4-2-1-3-5-19/h1-9,14-15,26,33H,10-13H2. The Morgan fingerprint density at radius 2 is 1.77 bits per heavy atom. The van der Waals surface area contributed by atoms with E-state index in [1.165, 1.54) is 0 Å². The molecular formula is C27H21Cl2N3O3. The van der Waals surface area contributed by atoms with Crippen LogP contribution in [0.25, 0.3) is 16.6 Å². The molecule has 0 saturated carbocycles. The number of aromatic nitrogens is 1. The number of carbonyl (C=O) groups excluding carboxylic acids is 1. The van der Waals surface area contributed by atoms with Crippen LogP contribution in [0.2, 0.25) is 10.0 Å².